The van der Waals surface area contributed by atoms with Gasteiger partial charge < -0.3 is 10.1 Å². The third-order valence-electron chi connectivity index (χ3n) is 3.28. The van der Waals surface area contributed by atoms with E-state index in [9.17, 15) is 0 Å². The van der Waals surface area contributed by atoms with Crippen LogP contribution in [0.1, 0.15) is 12.5 Å². The Morgan fingerprint density at radius 1 is 1.39 bits per heavy atom. The minimum atomic E-state index is 0.201. The van der Waals surface area contributed by atoms with Crippen molar-refractivity contribution in [3.05, 3.63) is 35.4 Å². The van der Waals surface area contributed by atoms with E-state index in [0.29, 0.717) is 18.8 Å². The first-order valence-corrected chi connectivity index (χ1v) is 11.3. The summed E-state index contributed by atoms with van der Waals surface area (Å²) in [5.41, 5.74) is 2.61. The molecule has 6 nitrogen and oxygen atoms in total. The molecule has 0 spiro atoms. The van der Waals surface area contributed by atoms with Gasteiger partial charge in [-0.2, -0.15) is 10.1 Å². The molecular formula is C14H14ClIN5OP. The summed E-state index contributed by atoms with van der Waals surface area (Å²) < 4.78 is 7.52. The van der Waals surface area contributed by atoms with Gasteiger partial charge in [-0.1, -0.05) is 0 Å². The molecule has 1 atom stereocenters. The maximum Gasteiger partial charge on any atom is 0.224 e. The van der Waals surface area contributed by atoms with Crippen LogP contribution >= 0.6 is 40.0 Å². The van der Waals surface area contributed by atoms with Gasteiger partial charge in [-0.05, 0) is 59.6 Å². The topological polar surface area (TPSA) is 64.9 Å². The van der Waals surface area contributed by atoms with Crippen LogP contribution in [0.3, 0.4) is 0 Å². The van der Waals surface area contributed by atoms with Crippen molar-refractivity contribution >= 4 is 62.4 Å². The summed E-state index contributed by atoms with van der Waals surface area (Å²) in [6, 6.07) is 3.80. The fourth-order valence-electron chi connectivity index (χ4n) is 2.32. The van der Waals surface area contributed by atoms with Gasteiger partial charge >= 0.3 is 0 Å². The van der Waals surface area contributed by atoms with Crippen LogP contribution in [0.4, 0.5) is 11.5 Å². The van der Waals surface area contributed by atoms with Crippen LogP contribution < -0.4 is 10.1 Å². The Hall–Kier alpha value is -1.18. The summed E-state index contributed by atoms with van der Waals surface area (Å²) in [6.07, 6.45) is 4.23. The number of fused-ring (bicyclic) bond motifs is 1. The fraction of sp³-hybridized carbons (Fsp3) is 0.214. The van der Waals surface area contributed by atoms with E-state index < -0.39 is 0 Å². The van der Waals surface area contributed by atoms with Crippen LogP contribution in [-0.4, -0.2) is 26.1 Å². The lowest BCUT2D eigenvalue weighted by Crippen LogP contribution is -2.00. The number of hydrogen-bond acceptors (Lipinski definition) is 5. The predicted molar refractivity (Wildman–Crippen MR) is 104 cm³/mol. The number of nitrogens with zero attached hydrogens (tertiary/aromatic N) is 4. The normalized spacial score (nSPS) is 11.5. The van der Waals surface area contributed by atoms with E-state index in [1.54, 1.807) is 6.20 Å². The first-order valence-electron chi connectivity index (χ1n) is 6.90. The third-order valence-corrected chi connectivity index (χ3v) is 5.35. The summed E-state index contributed by atoms with van der Waals surface area (Å²) in [6.45, 7) is 4.55. The molecule has 0 saturated heterocycles. The van der Waals surface area contributed by atoms with E-state index >= 15 is 0 Å². The van der Waals surface area contributed by atoms with Gasteiger partial charge in [0.25, 0.3) is 0 Å². The number of halogens is 2. The zero-order valence-electron chi connectivity index (χ0n) is 12.5. The van der Waals surface area contributed by atoms with Gasteiger partial charge in [0.2, 0.25) is 5.28 Å². The third kappa shape index (κ3) is 3.51. The maximum atomic E-state index is 6.06. The molecule has 0 aliphatic rings. The molecule has 1 N–H and O–H groups in total. The molecule has 0 aliphatic heterocycles. The zero-order chi connectivity index (χ0) is 16.4. The van der Waals surface area contributed by atoms with Crippen molar-refractivity contribution in [1.29, 1.82) is 0 Å². The number of nitrogens with one attached hydrogen (secondary N) is 1. The van der Waals surface area contributed by atoms with Gasteiger partial charge in [0, 0.05) is 10.9 Å². The summed E-state index contributed by atoms with van der Waals surface area (Å²) >= 11 is 8.33. The molecule has 0 saturated carbocycles. The van der Waals surface area contributed by atoms with E-state index in [1.807, 2.05) is 36.6 Å². The lowest BCUT2D eigenvalue weighted by atomic mass is 10.1. The Morgan fingerprint density at radius 2 is 2.22 bits per heavy atom. The lowest BCUT2D eigenvalue weighted by molar-refractivity contribution is 0.338. The highest BCUT2D eigenvalue weighted by Gasteiger charge is 2.13. The fourth-order valence-corrected chi connectivity index (χ4v) is 3.57. The molecular weight excluding hydrogens is 448 g/mol. The zero-order valence-corrected chi connectivity index (χ0v) is 16.4. The number of anilines is 2. The molecule has 0 amide bonds. The number of aromatic nitrogens is 4. The minimum absolute atomic E-state index is 0.201. The predicted octanol–water partition coefficient (Wildman–Crippen LogP) is 4.72. The molecule has 0 bridgehead atoms. The molecule has 2 heterocycles. The van der Waals surface area contributed by atoms with Gasteiger partial charge in [0.1, 0.15) is 11.6 Å². The smallest absolute Gasteiger partial charge is 0.224 e. The summed E-state index contributed by atoms with van der Waals surface area (Å²) in [7, 11) is 0. The van der Waals surface area contributed by atoms with Gasteiger partial charge in [-0.3, -0.25) is 0 Å². The molecule has 0 aliphatic carbocycles. The van der Waals surface area contributed by atoms with Crippen molar-refractivity contribution < 1.29 is 4.74 Å². The van der Waals surface area contributed by atoms with Crippen molar-refractivity contribution in [1.82, 2.24) is 19.5 Å². The first-order chi connectivity index (χ1) is 11.1. The first kappa shape index (κ1) is 16.7. The highest BCUT2D eigenvalue weighted by molar-refractivity contribution is 14.2. The quantitative estimate of drug-likeness (QED) is 0.338. The van der Waals surface area contributed by atoms with E-state index in [2.05, 4.69) is 42.4 Å². The molecule has 3 rings (SSSR count). The summed E-state index contributed by atoms with van der Waals surface area (Å²) in [5.74, 6) is 1.47. The van der Waals surface area contributed by atoms with Crippen LogP contribution in [0.5, 0.6) is 5.75 Å². The second-order valence-electron chi connectivity index (χ2n) is 4.74. The van der Waals surface area contributed by atoms with Crippen molar-refractivity contribution in [2.24, 2.45) is 0 Å². The molecule has 3 aromatic rings. The average Bonchev–Trinajstić information content (AvgIpc) is 2.97. The number of hydrogen-bond donors (Lipinski definition) is 1. The van der Waals surface area contributed by atoms with Crippen molar-refractivity contribution in [2.75, 3.05) is 11.9 Å². The van der Waals surface area contributed by atoms with Crippen LogP contribution in [-0.2, 0) is 0 Å². The second-order valence-corrected chi connectivity index (χ2v) is 7.15. The molecule has 120 valence electrons. The number of ether oxygens (including phenoxy) is 1. The SMILES string of the molecule is CCOc1ccc2nc(Cl)nc(Nc3cnn(PI)c3)c2c1C. The molecule has 0 fully saturated rings. The van der Waals surface area contributed by atoms with Crippen molar-refractivity contribution in [2.45, 2.75) is 13.8 Å². The highest BCUT2D eigenvalue weighted by atomic mass is 127. The Morgan fingerprint density at radius 3 is 2.91 bits per heavy atom. The molecule has 1 aromatic carbocycles. The van der Waals surface area contributed by atoms with E-state index in [1.165, 1.54) is 0 Å². The number of benzene rings is 1. The van der Waals surface area contributed by atoms with Crippen LogP contribution in [0, 0.1) is 6.92 Å². The van der Waals surface area contributed by atoms with Crippen LogP contribution in [0.2, 0.25) is 5.28 Å². The van der Waals surface area contributed by atoms with E-state index in [4.69, 9.17) is 16.3 Å². The molecule has 0 radical (unpaired) electrons. The highest BCUT2D eigenvalue weighted by Crippen LogP contribution is 2.33. The Bertz CT molecular complexity index is 857. The number of aryl methyl sites for hydroxylation is 1. The Labute approximate surface area is 153 Å². The molecule has 2 aromatic heterocycles. The second kappa shape index (κ2) is 7.15. The molecule has 1 unspecified atom stereocenters. The Kier molecular flexibility index (Phi) is 5.18. The van der Waals surface area contributed by atoms with Crippen LogP contribution in [0.25, 0.3) is 10.9 Å². The largest absolute Gasteiger partial charge is 0.494 e. The maximum absolute atomic E-state index is 6.06. The van der Waals surface area contributed by atoms with Gasteiger partial charge in [0.05, 0.1) is 36.6 Å². The standard InChI is InChI=1S/C14H14ClIN5OP/c1-3-22-11-5-4-10-12(8(11)2)13(20-14(15)19-10)18-9-6-17-21(7-9)23-16/h4-7,23H,3H2,1-2H3,(H,18,19,20). The molecule has 9 heteroatoms. The number of rotatable bonds is 5. The van der Waals surface area contributed by atoms with Crippen LogP contribution in [0.15, 0.2) is 24.5 Å². The van der Waals surface area contributed by atoms with Crippen molar-refractivity contribution in [3.8, 4) is 5.75 Å². The lowest BCUT2D eigenvalue weighted by Gasteiger charge is -2.13. The Balaban J connectivity index is 2.11. The summed E-state index contributed by atoms with van der Waals surface area (Å²) in [4.78, 5) is 8.64. The van der Waals surface area contributed by atoms with Gasteiger partial charge in [-0.15, -0.1) is 0 Å². The minimum Gasteiger partial charge on any atom is -0.494 e. The van der Waals surface area contributed by atoms with Gasteiger partial charge in [0.15, 0.2) is 0 Å². The molecule has 23 heavy (non-hydrogen) atoms. The summed E-state index contributed by atoms with van der Waals surface area (Å²) in [5, 5.41) is 8.63. The van der Waals surface area contributed by atoms with Gasteiger partial charge in [-0.25, -0.2) is 9.44 Å². The van der Waals surface area contributed by atoms with Crippen molar-refractivity contribution in [3.63, 3.8) is 0 Å². The van der Waals surface area contributed by atoms with E-state index in [-0.39, 0.29) is 5.28 Å². The average molecular weight is 462 g/mol. The monoisotopic (exact) mass is 461 g/mol. The van der Waals surface area contributed by atoms with E-state index in [0.717, 1.165) is 27.9 Å².